The van der Waals surface area contributed by atoms with Gasteiger partial charge in [0.25, 0.3) is 0 Å². The number of alkyl halides is 3. The van der Waals surface area contributed by atoms with E-state index in [1.54, 1.807) is 27.7 Å². The van der Waals surface area contributed by atoms with Crippen molar-refractivity contribution in [1.29, 1.82) is 0 Å². The molecular weight excluding hydrogens is 343 g/mol. The maximum Gasteiger partial charge on any atom is 0.405 e. The molecule has 0 aliphatic rings. The number of halogens is 3. The first-order valence-electron chi connectivity index (χ1n) is 7.46. The predicted octanol–water partition coefficient (Wildman–Crippen LogP) is 3.64. The van der Waals surface area contributed by atoms with E-state index in [0.717, 1.165) is 0 Å². The third-order valence-corrected chi connectivity index (χ3v) is 4.69. The predicted molar refractivity (Wildman–Crippen MR) is 87.4 cm³/mol. The highest BCUT2D eigenvalue weighted by molar-refractivity contribution is 7.84. The lowest BCUT2D eigenvalue weighted by Crippen LogP contribution is -2.48. The molecule has 0 saturated carbocycles. The van der Waals surface area contributed by atoms with Gasteiger partial charge in [0.1, 0.15) is 11.8 Å². The molecule has 0 radical (unpaired) electrons. The number of hydrogen-bond donors (Lipinski definition) is 1. The van der Waals surface area contributed by atoms with Gasteiger partial charge in [0.05, 0.1) is 22.3 Å². The molecular formula is C16H22F3NO3S. The molecule has 0 aromatic heterocycles. The third kappa shape index (κ3) is 6.24. The Hall–Kier alpha value is -1.41. The maximum atomic E-state index is 13.1. The van der Waals surface area contributed by atoms with Crippen molar-refractivity contribution in [1.82, 2.24) is 4.72 Å². The Labute approximate surface area is 142 Å². The van der Waals surface area contributed by atoms with Crippen molar-refractivity contribution in [2.75, 3.05) is 6.61 Å². The molecule has 0 aliphatic carbocycles. The highest BCUT2D eigenvalue weighted by Gasteiger charge is 2.43. The van der Waals surface area contributed by atoms with Gasteiger partial charge in [-0.2, -0.15) is 13.2 Å². The molecule has 0 fully saturated rings. The standard InChI is InChI=1S/C16H22F3NO3S/c1-5-23-12-8-6-11(7-9-12)13(21)10-14(16(17,18)19)20-24(22)15(2,3)4/h6-9,14,20H,5,10H2,1-4H3/t14-,24?/m0/s1. The molecule has 0 aliphatic heterocycles. The first-order valence-corrected chi connectivity index (χ1v) is 8.61. The van der Waals surface area contributed by atoms with Gasteiger partial charge in [-0.1, -0.05) is 0 Å². The topological polar surface area (TPSA) is 55.4 Å². The van der Waals surface area contributed by atoms with Crippen LogP contribution in [0.5, 0.6) is 5.75 Å². The van der Waals surface area contributed by atoms with Crippen LogP contribution in [0, 0.1) is 0 Å². The summed E-state index contributed by atoms with van der Waals surface area (Å²) in [7, 11) is -1.94. The Morgan fingerprint density at radius 1 is 1.21 bits per heavy atom. The van der Waals surface area contributed by atoms with Crippen molar-refractivity contribution in [3.8, 4) is 5.75 Å². The van der Waals surface area contributed by atoms with Gasteiger partial charge in [0, 0.05) is 12.0 Å². The van der Waals surface area contributed by atoms with Crippen molar-refractivity contribution in [2.24, 2.45) is 0 Å². The van der Waals surface area contributed by atoms with Gasteiger partial charge >= 0.3 is 6.18 Å². The fourth-order valence-electron chi connectivity index (χ4n) is 1.74. The molecule has 0 saturated heterocycles. The van der Waals surface area contributed by atoms with E-state index in [-0.39, 0.29) is 5.56 Å². The van der Waals surface area contributed by atoms with Crippen LogP contribution in [0.2, 0.25) is 0 Å². The number of Topliss-reactive ketones (excluding diaryl/α,β-unsaturated/α-hetero) is 1. The zero-order valence-corrected chi connectivity index (χ0v) is 14.9. The van der Waals surface area contributed by atoms with E-state index in [1.807, 2.05) is 4.72 Å². The summed E-state index contributed by atoms with van der Waals surface area (Å²) >= 11 is 0. The van der Waals surface area contributed by atoms with E-state index in [1.165, 1.54) is 24.3 Å². The minimum Gasteiger partial charge on any atom is -0.494 e. The molecule has 0 spiro atoms. The van der Waals surface area contributed by atoms with Crippen molar-refractivity contribution in [3.63, 3.8) is 0 Å². The Morgan fingerprint density at radius 2 is 1.75 bits per heavy atom. The Bertz CT molecular complexity index is 580. The van der Waals surface area contributed by atoms with E-state index >= 15 is 0 Å². The van der Waals surface area contributed by atoms with Crippen molar-refractivity contribution in [2.45, 2.75) is 51.1 Å². The molecule has 24 heavy (non-hydrogen) atoms. The van der Waals surface area contributed by atoms with Gasteiger partial charge in [0.2, 0.25) is 0 Å². The first kappa shape index (κ1) is 20.6. The summed E-state index contributed by atoms with van der Waals surface area (Å²) in [6, 6.07) is 3.72. The molecule has 1 unspecified atom stereocenters. The van der Waals surface area contributed by atoms with Crippen LogP contribution in [-0.2, 0) is 11.0 Å². The highest BCUT2D eigenvalue weighted by atomic mass is 32.2. The Kier molecular flexibility index (Phi) is 6.97. The van der Waals surface area contributed by atoms with Crippen molar-refractivity contribution >= 4 is 16.8 Å². The van der Waals surface area contributed by atoms with Crippen LogP contribution >= 0.6 is 0 Å². The largest absolute Gasteiger partial charge is 0.494 e. The van der Waals surface area contributed by atoms with Crippen LogP contribution in [0.25, 0.3) is 0 Å². The van der Waals surface area contributed by atoms with Gasteiger partial charge in [0.15, 0.2) is 5.78 Å². The van der Waals surface area contributed by atoms with Crippen LogP contribution in [-0.4, -0.2) is 33.6 Å². The minimum absolute atomic E-state index is 0.149. The van der Waals surface area contributed by atoms with E-state index < -0.39 is 40.2 Å². The zero-order chi connectivity index (χ0) is 18.5. The second kappa shape index (κ2) is 8.11. The number of carbonyl (C=O) groups is 1. The summed E-state index contributed by atoms with van der Waals surface area (Å²) in [5, 5.41) is 0. The quantitative estimate of drug-likeness (QED) is 0.751. The summed E-state index contributed by atoms with van der Waals surface area (Å²) in [6.45, 7) is 6.91. The normalized spacial score (nSPS) is 15.0. The monoisotopic (exact) mass is 365 g/mol. The number of benzene rings is 1. The molecule has 1 rings (SSSR count). The number of rotatable bonds is 7. The number of hydrogen-bond acceptors (Lipinski definition) is 3. The van der Waals surface area contributed by atoms with Crippen molar-refractivity contribution < 1.29 is 26.9 Å². The van der Waals surface area contributed by atoms with Gasteiger partial charge in [-0.05, 0) is 52.0 Å². The van der Waals surface area contributed by atoms with E-state index in [4.69, 9.17) is 4.74 Å². The van der Waals surface area contributed by atoms with Crippen LogP contribution in [0.15, 0.2) is 24.3 Å². The SMILES string of the molecule is CCOc1ccc(C(=O)C[C@H](NS(=O)C(C)(C)C)C(F)(F)F)cc1. The summed E-state index contributed by atoms with van der Waals surface area (Å²) in [6.07, 6.45) is -5.50. The Balaban J connectivity index is 2.86. The molecule has 8 heteroatoms. The number of ether oxygens (including phenoxy) is 1. The molecule has 1 N–H and O–H groups in total. The average Bonchev–Trinajstić information content (AvgIpc) is 2.45. The highest BCUT2D eigenvalue weighted by Crippen LogP contribution is 2.26. The van der Waals surface area contributed by atoms with Gasteiger partial charge < -0.3 is 4.74 Å². The lowest BCUT2D eigenvalue weighted by Gasteiger charge is -2.25. The van der Waals surface area contributed by atoms with E-state index in [9.17, 15) is 22.2 Å². The smallest absolute Gasteiger partial charge is 0.405 e. The second-order valence-electron chi connectivity index (χ2n) is 6.18. The molecule has 0 bridgehead atoms. The molecule has 136 valence electrons. The van der Waals surface area contributed by atoms with Crippen LogP contribution in [0.4, 0.5) is 13.2 Å². The maximum absolute atomic E-state index is 13.1. The zero-order valence-electron chi connectivity index (χ0n) is 14.1. The third-order valence-electron chi connectivity index (χ3n) is 3.08. The molecule has 0 amide bonds. The van der Waals surface area contributed by atoms with Crippen molar-refractivity contribution in [3.05, 3.63) is 29.8 Å². The van der Waals surface area contributed by atoms with Gasteiger partial charge in [-0.25, -0.2) is 8.93 Å². The summed E-state index contributed by atoms with van der Waals surface area (Å²) in [5.41, 5.74) is 0.149. The molecule has 0 heterocycles. The number of nitrogens with one attached hydrogen (secondary N) is 1. The molecule has 2 atom stereocenters. The van der Waals surface area contributed by atoms with Gasteiger partial charge in [-0.3, -0.25) is 4.79 Å². The average molecular weight is 365 g/mol. The van der Waals surface area contributed by atoms with Crippen LogP contribution < -0.4 is 9.46 Å². The summed E-state index contributed by atoms with van der Waals surface area (Å²) in [5.74, 6) is -0.146. The van der Waals surface area contributed by atoms with Crippen LogP contribution in [0.1, 0.15) is 44.5 Å². The number of carbonyl (C=O) groups excluding carboxylic acids is 1. The lowest BCUT2D eigenvalue weighted by atomic mass is 10.0. The number of ketones is 1. The summed E-state index contributed by atoms with van der Waals surface area (Å²) in [4.78, 5) is 12.1. The molecule has 4 nitrogen and oxygen atoms in total. The fraction of sp³-hybridized carbons (Fsp3) is 0.562. The van der Waals surface area contributed by atoms with Crippen LogP contribution in [0.3, 0.4) is 0 Å². The van der Waals surface area contributed by atoms with E-state index in [2.05, 4.69) is 0 Å². The fourth-order valence-corrected chi connectivity index (χ4v) is 2.57. The minimum atomic E-state index is -4.68. The molecule has 1 aromatic rings. The Morgan fingerprint density at radius 3 is 2.17 bits per heavy atom. The lowest BCUT2D eigenvalue weighted by molar-refractivity contribution is -0.150. The van der Waals surface area contributed by atoms with E-state index in [0.29, 0.717) is 12.4 Å². The molecule has 1 aromatic carbocycles. The summed E-state index contributed by atoms with van der Waals surface area (Å²) < 4.78 is 57.7. The van der Waals surface area contributed by atoms with Gasteiger partial charge in [-0.15, -0.1) is 0 Å². The first-order chi connectivity index (χ1) is 10.9. The second-order valence-corrected chi connectivity index (χ2v) is 8.18.